The maximum Gasteiger partial charge on any atom is 0.295 e. The van der Waals surface area contributed by atoms with Crippen LogP contribution >= 0.6 is 0 Å². The molecule has 0 aliphatic rings. The maximum atomic E-state index is 13.3. The van der Waals surface area contributed by atoms with Crippen molar-refractivity contribution in [2.75, 3.05) is 0 Å². The van der Waals surface area contributed by atoms with Crippen LogP contribution in [0.25, 0.3) is 32.7 Å². The predicted molar refractivity (Wildman–Crippen MR) is 122 cm³/mol. The summed E-state index contributed by atoms with van der Waals surface area (Å²) in [6, 6.07) is 19.9. The van der Waals surface area contributed by atoms with Crippen molar-refractivity contribution in [1.82, 2.24) is 4.72 Å². The van der Waals surface area contributed by atoms with Gasteiger partial charge in [-0.25, -0.2) is 13.1 Å². The standard InChI is InChI=1S/C23H21NO5S2/c1-15(2)24-30(25,26)20-13-11-16-7-3-5-9-18(16)22(20)23-19-10-6-4-8-17(19)12-14-21(23)31(27,28)29/h3-15,24H,1-2H3,(H,27,28,29). The lowest BCUT2D eigenvalue weighted by molar-refractivity contribution is 0.483. The minimum Gasteiger partial charge on any atom is -0.282 e. The van der Waals surface area contributed by atoms with Crippen LogP contribution in [0.5, 0.6) is 0 Å². The van der Waals surface area contributed by atoms with Gasteiger partial charge in [-0.05, 0) is 47.5 Å². The largest absolute Gasteiger partial charge is 0.295 e. The van der Waals surface area contributed by atoms with Crippen LogP contribution in [0.15, 0.2) is 82.6 Å². The van der Waals surface area contributed by atoms with Crippen LogP contribution in [0.1, 0.15) is 13.8 Å². The molecule has 8 heteroatoms. The van der Waals surface area contributed by atoms with E-state index < -0.39 is 20.1 Å². The van der Waals surface area contributed by atoms with Crippen LogP contribution in [0.2, 0.25) is 0 Å². The van der Waals surface area contributed by atoms with Crippen LogP contribution in [-0.4, -0.2) is 27.4 Å². The summed E-state index contributed by atoms with van der Waals surface area (Å²) in [4.78, 5) is -0.398. The highest BCUT2D eigenvalue weighted by Gasteiger charge is 2.28. The highest BCUT2D eigenvalue weighted by atomic mass is 32.2. The second-order valence-electron chi connectivity index (χ2n) is 7.57. The molecule has 0 heterocycles. The van der Waals surface area contributed by atoms with Crippen LogP contribution in [-0.2, 0) is 20.1 Å². The molecular weight excluding hydrogens is 434 g/mol. The van der Waals surface area contributed by atoms with Crippen molar-refractivity contribution in [1.29, 1.82) is 0 Å². The van der Waals surface area contributed by atoms with Gasteiger partial charge in [0.05, 0.1) is 4.90 Å². The molecule has 0 atom stereocenters. The van der Waals surface area contributed by atoms with E-state index in [0.29, 0.717) is 10.8 Å². The van der Waals surface area contributed by atoms with E-state index in [1.54, 1.807) is 62.4 Å². The molecule has 0 bridgehead atoms. The summed E-state index contributed by atoms with van der Waals surface area (Å²) in [5.74, 6) is 0. The molecule has 0 aliphatic heterocycles. The van der Waals surface area contributed by atoms with E-state index in [4.69, 9.17) is 0 Å². The van der Waals surface area contributed by atoms with E-state index in [-0.39, 0.29) is 27.0 Å². The molecule has 4 aromatic carbocycles. The molecule has 0 unspecified atom stereocenters. The quantitative estimate of drug-likeness (QED) is 0.429. The van der Waals surface area contributed by atoms with E-state index in [1.165, 1.54) is 12.1 Å². The third-order valence-corrected chi connectivity index (χ3v) is 7.59. The molecule has 6 nitrogen and oxygen atoms in total. The van der Waals surface area contributed by atoms with Gasteiger partial charge in [0, 0.05) is 17.2 Å². The number of rotatable bonds is 5. The van der Waals surface area contributed by atoms with Crippen molar-refractivity contribution >= 4 is 41.7 Å². The molecule has 0 saturated carbocycles. The first-order valence-electron chi connectivity index (χ1n) is 9.63. The van der Waals surface area contributed by atoms with Gasteiger partial charge < -0.3 is 0 Å². The Bertz CT molecular complexity index is 1520. The molecule has 2 N–H and O–H groups in total. The van der Waals surface area contributed by atoms with Crippen molar-refractivity contribution in [2.45, 2.75) is 29.7 Å². The predicted octanol–water partition coefficient (Wildman–Crippen LogP) is 4.59. The molecule has 0 aromatic heterocycles. The lowest BCUT2D eigenvalue weighted by Gasteiger charge is -2.19. The topological polar surface area (TPSA) is 101 Å². The Morgan fingerprint density at radius 1 is 0.677 bits per heavy atom. The van der Waals surface area contributed by atoms with Gasteiger partial charge in [0.15, 0.2) is 0 Å². The normalized spacial score (nSPS) is 12.6. The molecule has 0 spiro atoms. The zero-order valence-electron chi connectivity index (χ0n) is 16.9. The third-order valence-electron chi connectivity index (χ3n) is 4.99. The van der Waals surface area contributed by atoms with Gasteiger partial charge in [0.25, 0.3) is 10.1 Å². The lowest BCUT2D eigenvalue weighted by atomic mass is 9.94. The van der Waals surface area contributed by atoms with Crippen LogP contribution in [0.3, 0.4) is 0 Å². The average Bonchev–Trinajstić information content (AvgIpc) is 2.70. The number of benzene rings is 4. The van der Waals surface area contributed by atoms with Crippen molar-refractivity contribution in [2.24, 2.45) is 0 Å². The fraction of sp³-hybridized carbons (Fsp3) is 0.130. The van der Waals surface area contributed by atoms with Crippen LogP contribution < -0.4 is 4.72 Å². The fourth-order valence-corrected chi connectivity index (χ4v) is 6.02. The minimum absolute atomic E-state index is 0.0545. The summed E-state index contributed by atoms with van der Waals surface area (Å²) in [6.45, 7) is 3.42. The number of hydrogen-bond donors (Lipinski definition) is 2. The molecule has 0 amide bonds. The van der Waals surface area contributed by atoms with Gasteiger partial charge >= 0.3 is 0 Å². The van der Waals surface area contributed by atoms with Crippen LogP contribution in [0, 0.1) is 0 Å². The highest BCUT2D eigenvalue weighted by Crippen LogP contribution is 2.42. The maximum absolute atomic E-state index is 13.3. The number of sulfonamides is 1. The van der Waals surface area contributed by atoms with E-state index >= 15 is 0 Å². The Morgan fingerprint density at radius 3 is 1.61 bits per heavy atom. The molecule has 0 radical (unpaired) electrons. The van der Waals surface area contributed by atoms with Crippen molar-refractivity contribution in [3.8, 4) is 11.1 Å². The molecule has 4 aromatic rings. The first kappa shape index (κ1) is 21.5. The Kier molecular flexibility index (Phi) is 5.35. The van der Waals surface area contributed by atoms with E-state index in [1.807, 2.05) is 12.1 Å². The van der Waals surface area contributed by atoms with Gasteiger partial charge in [-0.3, -0.25) is 4.55 Å². The number of nitrogens with one attached hydrogen (secondary N) is 1. The fourth-order valence-electron chi connectivity index (χ4n) is 3.83. The Hall–Kier alpha value is -2.78. The van der Waals surface area contributed by atoms with Gasteiger partial charge in [-0.1, -0.05) is 60.7 Å². The summed E-state index contributed by atoms with van der Waals surface area (Å²) in [5.41, 5.74) is 0.386. The van der Waals surface area contributed by atoms with Crippen molar-refractivity contribution in [3.05, 3.63) is 72.8 Å². The van der Waals surface area contributed by atoms with Crippen LogP contribution in [0.4, 0.5) is 0 Å². The van der Waals surface area contributed by atoms with Crippen molar-refractivity contribution in [3.63, 3.8) is 0 Å². The first-order chi connectivity index (χ1) is 14.6. The highest BCUT2D eigenvalue weighted by molar-refractivity contribution is 7.89. The minimum atomic E-state index is -4.64. The smallest absolute Gasteiger partial charge is 0.282 e. The molecule has 4 rings (SSSR count). The summed E-state index contributed by atoms with van der Waals surface area (Å²) < 4.78 is 63.8. The molecule has 31 heavy (non-hydrogen) atoms. The van der Waals surface area contributed by atoms with E-state index in [0.717, 1.165) is 10.8 Å². The summed E-state index contributed by atoms with van der Waals surface area (Å²) in [7, 11) is -8.63. The summed E-state index contributed by atoms with van der Waals surface area (Å²) >= 11 is 0. The van der Waals surface area contributed by atoms with Gasteiger partial charge in [-0.2, -0.15) is 8.42 Å². The van der Waals surface area contributed by atoms with Crippen molar-refractivity contribution < 1.29 is 21.4 Å². The Balaban J connectivity index is 2.27. The Labute approximate surface area is 181 Å². The monoisotopic (exact) mass is 455 g/mol. The first-order valence-corrected chi connectivity index (χ1v) is 12.6. The van der Waals surface area contributed by atoms with Gasteiger partial charge in [0.1, 0.15) is 4.90 Å². The zero-order valence-corrected chi connectivity index (χ0v) is 18.5. The second kappa shape index (κ2) is 7.72. The lowest BCUT2D eigenvalue weighted by Crippen LogP contribution is -2.30. The third kappa shape index (κ3) is 3.95. The molecule has 0 fully saturated rings. The number of fused-ring (bicyclic) bond motifs is 2. The average molecular weight is 456 g/mol. The summed E-state index contributed by atoms with van der Waals surface area (Å²) in [5, 5.41) is 2.55. The Morgan fingerprint density at radius 2 is 1.13 bits per heavy atom. The molecule has 0 aliphatic carbocycles. The van der Waals surface area contributed by atoms with E-state index in [2.05, 4.69) is 4.72 Å². The zero-order chi connectivity index (χ0) is 22.4. The molecule has 160 valence electrons. The number of hydrogen-bond acceptors (Lipinski definition) is 4. The van der Waals surface area contributed by atoms with Gasteiger partial charge in [0.2, 0.25) is 10.0 Å². The summed E-state index contributed by atoms with van der Waals surface area (Å²) in [6.07, 6.45) is 0. The van der Waals surface area contributed by atoms with Gasteiger partial charge in [-0.15, -0.1) is 0 Å². The second-order valence-corrected chi connectivity index (χ2v) is 10.6. The molecule has 0 saturated heterocycles. The van der Waals surface area contributed by atoms with E-state index in [9.17, 15) is 21.4 Å². The SMILES string of the molecule is CC(C)NS(=O)(=O)c1ccc2ccccc2c1-c1c(S(=O)(=O)O)ccc2ccccc12. The molecular formula is C23H21NO5S2.